The SMILES string of the molecule is CCCn1ncc(-c2cc(-c3cnc(C)n3C)c(C#N)c(N)n2)c1C. The number of nitrogen functional groups attached to an aromatic ring is 1. The van der Waals surface area contributed by atoms with E-state index in [-0.39, 0.29) is 5.82 Å². The van der Waals surface area contributed by atoms with Gasteiger partial charge in [0.2, 0.25) is 0 Å². The fraction of sp³-hybridized carbons (Fsp3) is 0.333. The first-order valence-corrected chi connectivity index (χ1v) is 8.20. The van der Waals surface area contributed by atoms with E-state index in [0.717, 1.165) is 41.3 Å². The molecule has 128 valence electrons. The van der Waals surface area contributed by atoms with E-state index in [0.29, 0.717) is 11.3 Å². The van der Waals surface area contributed by atoms with Gasteiger partial charge in [-0.25, -0.2) is 9.97 Å². The number of pyridine rings is 1. The van der Waals surface area contributed by atoms with Crippen molar-refractivity contribution in [2.24, 2.45) is 7.05 Å². The highest BCUT2D eigenvalue weighted by Gasteiger charge is 2.18. The van der Waals surface area contributed by atoms with Gasteiger partial charge < -0.3 is 10.3 Å². The Balaban J connectivity index is 2.21. The first kappa shape index (κ1) is 16.7. The lowest BCUT2D eigenvalue weighted by Gasteiger charge is -2.11. The zero-order chi connectivity index (χ0) is 18.1. The van der Waals surface area contributed by atoms with Crippen LogP contribution in [0.4, 0.5) is 5.82 Å². The number of nitrogens with two attached hydrogens (primary N) is 1. The van der Waals surface area contributed by atoms with Crippen LogP contribution in [0.1, 0.15) is 30.4 Å². The highest BCUT2D eigenvalue weighted by molar-refractivity contribution is 5.79. The molecular formula is C18H21N7. The van der Waals surface area contributed by atoms with Crippen molar-refractivity contribution in [3.05, 3.63) is 35.5 Å². The molecule has 0 aliphatic rings. The second kappa shape index (κ2) is 6.40. The van der Waals surface area contributed by atoms with Crippen LogP contribution in [0.3, 0.4) is 0 Å². The molecule has 0 amide bonds. The average Bonchev–Trinajstić information content (AvgIpc) is 3.11. The van der Waals surface area contributed by atoms with Gasteiger partial charge in [0.05, 0.1) is 23.8 Å². The van der Waals surface area contributed by atoms with Crippen LogP contribution in [-0.2, 0) is 13.6 Å². The normalized spacial score (nSPS) is 10.8. The van der Waals surface area contributed by atoms with Crippen molar-refractivity contribution in [2.45, 2.75) is 33.7 Å². The zero-order valence-corrected chi connectivity index (χ0v) is 14.9. The molecule has 7 heteroatoms. The summed E-state index contributed by atoms with van der Waals surface area (Å²) in [5, 5.41) is 14.0. The van der Waals surface area contributed by atoms with E-state index in [9.17, 15) is 5.26 Å². The zero-order valence-electron chi connectivity index (χ0n) is 14.9. The molecule has 0 aromatic carbocycles. The smallest absolute Gasteiger partial charge is 0.142 e. The summed E-state index contributed by atoms with van der Waals surface area (Å²) in [5.74, 6) is 1.08. The van der Waals surface area contributed by atoms with E-state index in [1.54, 1.807) is 12.4 Å². The van der Waals surface area contributed by atoms with Crippen LogP contribution in [0.25, 0.3) is 22.5 Å². The maximum atomic E-state index is 9.53. The Kier molecular flexibility index (Phi) is 4.28. The predicted molar refractivity (Wildman–Crippen MR) is 96.6 cm³/mol. The van der Waals surface area contributed by atoms with Crippen LogP contribution in [0.15, 0.2) is 18.5 Å². The number of rotatable bonds is 4. The summed E-state index contributed by atoms with van der Waals surface area (Å²) in [6.07, 6.45) is 4.56. The highest BCUT2D eigenvalue weighted by atomic mass is 15.3. The number of aryl methyl sites for hydroxylation is 2. The number of hydrogen-bond acceptors (Lipinski definition) is 5. The summed E-state index contributed by atoms with van der Waals surface area (Å²) < 4.78 is 3.89. The minimum absolute atomic E-state index is 0.219. The third-order valence-corrected chi connectivity index (χ3v) is 4.47. The average molecular weight is 335 g/mol. The molecular weight excluding hydrogens is 314 g/mol. The van der Waals surface area contributed by atoms with Crippen molar-refractivity contribution in [3.63, 3.8) is 0 Å². The molecule has 0 saturated carbocycles. The van der Waals surface area contributed by atoms with Crippen LogP contribution < -0.4 is 5.73 Å². The van der Waals surface area contributed by atoms with Gasteiger partial charge in [-0.2, -0.15) is 10.4 Å². The molecule has 0 saturated heterocycles. The standard InChI is InChI=1S/C18H21N7/c1-5-6-25-11(2)15(9-22-25)16-7-13(14(8-19)18(20)23-16)17-10-21-12(3)24(17)4/h7,9-10H,5-6H2,1-4H3,(H2,20,23). The van der Waals surface area contributed by atoms with Gasteiger partial charge >= 0.3 is 0 Å². The van der Waals surface area contributed by atoms with Crippen molar-refractivity contribution >= 4 is 5.82 Å². The Morgan fingerprint density at radius 1 is 1.24 bits per heavy atom. The summed E-state index contributed by atoms with van der Waals surface area (Å²) in [4.78, 5) is 8.77. The van der Waals surface area contributed by atoms with Gasteiger partial charge in [-0.15, -0.1) is 0 Å². The van der Waals surface area contributed by atoms with Gasteiger partial charge in [-0.1, -0.05) is 6.92 Å². The predicted octanol–water partition coefficient (Wildman–Crippen LogP) is 2.83. The molecule has 0 spiro atoms. The lowest BCUT2D eigenvalue weighted by Crippen LogP contribution is -2.03. The minimum atomic E-state index is 0.219. The van der Waals surface area contributed by atoms with E-state index < -0.39 is 0 Å². The van der Waals surface area contributed by atoms with Crippen LogP contribution in [0.2, 0.25) is 0 Å². The first-order valence-electron chi connectivity index (χ1n) is 8.20. The first-order chi connectivity index (χ1) is 12.0. The lowest BCUT2D eigenvalue weighted by atomic mass is 10.0. The Morgan fingerprint density at radius 3 is 2.60 bits per heavy atom. The van der Waals surface area contributed by atoms with Crippen molar-refractivity contribution in [3.8, 4) is 28.6 Å². The summed E-state index contributed by atoms with van der Waals surface area (Å²) >= 11 is 0. The number of aromatic nitrogens is 5. The molecule has 0 fully saturated rings. The molecule has 25 heavy (non-hydrogen) atoms. The monoisotopic (exact) mass is 335 g/mol. The van der Waals surface area contributed by atoms with Crippen LogP contribution in [0.5, 0.6) is 0 Å². The fourth-order valence-electron chi connectivity index (χ4n) is 2.91. The fourth-order valence-corrected chi connectivity index (χ4v) is 2.91. The molecule has 0 bridgehead atoms. The quantitative estimate of drug-likeness (QED) is 0.790. The van der Waals surface area contributed by atoms with Crippen molar-refractivity contribution in [2.75, 3.05) is 5.73 Å². The maximum Gasteiger partial charge on any atom is 0.142 e. The van der Waals surface area contributed by atoms with E-state index in [1.807, 2.05) is 36.2 Å². The maximum absolute atomic E-state index is 9.53. The van der Waals surface area contributed by atoms with Crippen LogP contribution >= 0.6 is 0 Å². The highest BCUT2D eigenvalue weighted by Crippen LogP contribution is 2.32. The molecule has 0 atom stereocenters. The second-order valence-corrected chi connectivity index (χ2v) is 6.04. The van der Waals surface area contributed by atoms with Crippen molar-refractivity contribution < 1.29 is 0 Å². The summed E-state index contributed by atoms with van der Waals surface area (Å²) in [7, 11) is 1.92. The summed E-state index contributed by atoms with van der Waals surface area (Å²) in [6, 6.07) is 4.06. The Labute approximate surface area is 146 Å². The number of nitrogens with zero attached hydrogens (tertiary/aromatic N) is 6. The van der Waals surface area contributed by atoms with Gasteiger partial charge in [0, 0.05) is 30.4 Å². The van der Waals surface area contributed by atoms with Gasteiger partial charge in [0.25, 0.3) is 0 Å². The molecule has 3 rings (SSSR count). The van der Waals surface area contributed by atoms with E-state index in [1.165, 1.54) is 0 Å². The molecule has 0 aliphatic carbocycles. The van der Waals surface area contributed by atoms with E-state index in [4.69, 9.17) is 5.73 Å². The van der Waals surface area contributed by atoms with Crippen LogP contribution in [0, 0.1) is 25.2 Å². The molecule has 0 unspecified atom stereocenters. The largest absolute Gasteiger partial charge is 0.383 e. The van der Waals surface area contributed by atoms with Crippen LogP contribution in [-0.4, -0.2) is 24.3 Å². The Morgan fingerprint density at radius 2 is 2.00 bits per heavy atom. The molecule has 2 N–H and O–H groups in total. The topological polar surface area (TPSA) is 98.3 Å². The minimum Gasteiger partial charge on any atom is -0.383 e. The molecule has 7 nitrogen and oxygen atoms in total. The second-order valence-electron chi connectivity index (χ2n) is 6.04. The third kappa shape index (κ3) is 2.76. The number of imidazole rings is 1. The van der Waals surface area contributed by atoms with E-state index >= 15 is 0 Å². The Hall–Kier alpha value is -3.14. The lowest BCUT2D eigenvalue weighted by molar-refractivity contribution is 0.587. The van der Waals surface area contributed by atoms with Gasteiger partial charge in [0.1, 0.15) is 23.3 Å². The van der Waals surface area contributed by atoms with Gasteiger partial charge in [0.15, 0.2) is 0 Å². The van der Waals surface area contributed by atoms with Gasteiger partial charge in [-0.3, -0.25) is 4.68 Å². The molecule has 3 heterocycles. The Bertz CT molecular complexity index is 972. The number of hydrogen-bond donors (Lipinski definition) is 1. The van der Waals surface area contributed by atoms with Crippen molar-refractivity contribution in [1.29, 1.82) is 5.26 Å². The number of anilines is 1. The molecule has 0 aliphatic heterocycles. The van der Waals surface area contributed by atoms with E-state index in [2.05, 4.69) is 28.1 Å². The molecule has 3 aromatic rings. The summed E-state index contributed by atoms with van der Waals surface area (Å²) in [6.45, 7) is 6.90. The number of nitriles is 1. The summed E-state index contributed by atoms with van der Waals surface area (Å²) in [5.41, 5.74) is 10.7. The molecule has 3 aromatic heterocycles. The van der Waals surface area contributed by atoms with Crippen molar-refractivity contribution in [1.82, 2.24) is 24.3 Å². The van der Waals surface area contributed by atoms with Gasteiger partial charge in [-0.05, 0) is 26.3 Å². The third-order valence-electron chi connectivity index (χ3n) is 4.47. The molecule has 0 radical (unpaired) electrons.